The van der Waals surface area contributed by atoms with Crippen LogP contribution >= 0.6 is 11.3 Å². The van der Waals surface area contributed by atoms with E-state index >= 15 is 0 Å². The number of nitrogens with one attached hydrogen (secondary N) is 1. The fourth-order valence-electron chi connectivity index (χ4n) is 3.01. The lowest BCUT2D eigenvalue weighted by Crippen LogP contribution is -2.35. The van der Waals surface area contributed by atoms with Crippen LogP contribution in [0.1, 0.15) is 16.5 Å². The molecule has 0 aliphatic carbocycles. The van der Waals surface area contributed by atoms with Gasteiger partial charge in [-0.15, -0.1) is 11.3 Å². The first-order valence-corrected chi connectivity index (χ1v) is 9.52. The van der Waals surface area contributed by atoms with E-state index in [0.717, 1.165) is 10.4 Å². The van der Waals surface area contributed by atoms with Crippen molar-refractivity contribution < 1.29 is 9.18 Å². The molecule has 4 aromatic rings. The zero-order chi connectivity index (χ0) is 19.5. The van der Waals surface area contributed by atoms with Crippen molar-refractivity contribution in [3.8, 4) is 0 Å². The third-order valence-corrected chi connectivity index (χ3v) is 5.32. The summed E-state index contributed by atoms with van der Waals surface area (Å²) in [5, 5.41) is 5.32. The highest BCUT2D eigenvalue weighted by Crippen LogP contribution is 2.26. The van der Waals surface area contributed by atoms with Crippen molar-refractivity contribution in [1.82, 2.24) is 14.9 Å². The van der Waals surface area contributed by atoms with Gasteiger partial charge in [0.05, 0.1) is 23.3 Å². The van der Waals surface area contributed by atoms with Crippen LogP contribution in [0.3, 0.4) is 0 Å². The van der Waals surface area contributed by atoms with Crippen LogP contribution in [0.25, 0.3) is 10.9 Å². The Morgan fingerprint density at radius 1 is 1.11 bits per heavy atom. The van der Waals surface area contributed by atoms with Crippen LogP contribution in [0, 0.1) is 5.82 Å². The number of para-hydroxylation sites is 1. The minimum absolute atomic E-state index is 0.153. The minimum Gasteiger partial charge on any atom is -0.343 e. The first-order chi connectivity index (χ1) is 13.6. The number of benzene rings is 2. The molecule has 0 spiro atoms. The van der Waals surface area contributed by atoms with E-state index in [4.69, 9.17) is 0 Å². The maximum absolute atomic E-state index is 13.3. The number of carbonyl (C=O) groups excluding carboxylic acids is 1. The summed E-state index contributed by atoms with van der Waals surface area (Å²) >= 11 is 1.49. The number of aromatic nitrogens is 2. The Morgan fingerprint density at radius 2 is 1.89 bits per heavy atom. The van der Waals surface area contributed by atoms with Gasteiger partial charge < -0.3 is 5.32 Å². The molecule has 2 aromatic heterocycles. The van der Waals surface area contributed by atoms with Crippen molar-refractivity contribution in [2.45, 2.75) is 12.6 Å². The molecule has 1 atom stereocenters. The number of amides is 1. The predicted molar refractivity (Wildman–Crippen MR) is 107 cm³/mol. The van der Waals surface area contributed by atoms with E-state index in [1.54, 1.807) is 36.4 Å². The van der Waals surface area contributed by atoms with Crippen molar-refractivity contribution in [3.63, 3.8) is 0 Å². The molecule has 0 radical (unpaired) electrons. The van der Waals surface area contributed by atoms with Gasteiger partial charge in [-0.3, -0.25) is 14.2 Å². The summed E-state index contributed by atoms with van der Waals surface area (Å²) < 4.78 is 14.6. The van der Waals surface area contributed by atoms with E-state index in [0.29, 0.717) is 10.9 Å². The predicted octanol–water partition coefficient (Wildman–Crippen LogP) is 3.50. The summed E-state index contributed by atoms with van der Waals surface area (Å²) in [5.41, 5.74) is 1.09. The third kappa shape index (κ3) is 3.70. The summed E-state index contributed by atoms with van der Waals surface area (Å²) in [4.78, 5) is 30.4. The van der Waals surface area contributed by atoms with E-state index in [2.05, 4.69) is 10.3 Å². The van der Waals surface area contributed by atoms with Gasteiger partial charge in [-0.1, -0.05) is 30.3 Å². The minimum atomic E-state index is -0.419. The average Bonchev–Trinajstić information content (AvgIpc) is 3.24. The normalized spacial score (nSPS) is 12.0. The second-order valence-corrected chi connectivity index (χ2v) is 7.24. The summed E-state index contributed by atoms with van der Waals surface area (Å²) in [5.74, 6) is -0.671. The van der Waals surface area contributed by atoms with Crippen LogP contribution in [-0.2, 0) is 11.3 Å². The fourth-order valence-corrected chi connectivity index (χ4v) is 3.81. The highest BCUT2D eigenvalue weighted by molar-refractivity contribution is 7.10. The third-order valence-electron chi connectivity index (χ3n) is 4.38. The molecule has 0 aliphatic heterocycles. The van der Waals surface area contributed by atoms with Gasteiger partial charge in [0.25, 0.3) is 5.56 Å². The van der Waals surface area contributed by atoms with Crippen LogP contribution in [0.4, 0.5) is 4.39 Å². The Bertz CT molecular complexity index is 1170. The number of hydrogen-bond donors (Lipinski definition) is 1. The van der Waals surface area contributed by atoms with Crippen molar-refractivity contribution in [2.75, 3.05) is 0 Å². The van der Waals surface area contributed by atoms with Crippen LogP contribution in [0.5, 0.6) is 0 Å². The van der Waals surface area contributed by atoms with Gasteiger partial charge in [-0.05, 0) is 41.3 Å². The average molecular weight is 393 g/mol. The van der Waals surface area contributed by atoms with Gasteiger partial charge in [0, 0.05) is 4.88 Å². The molecular weight excluding hydrogens is 377 g/mol. The molecule has 28 heavy (non-hydrogen) atoms. The number of halogens is 1. The van der Waals surface area contributed by atoms with Gasteiger partial charge in [-0.25, -0.2) is 9.37 Å². The molecule has 5 nitrogen and oxygen atoms in total. The maximum atomic E-state index is 13.3. The second-order valence-electron chi connectivity index (χ2n) is 6.26. The lowest BCUT2D eigenvalue weighted by atomic mass is 10.1. The largest absolute Gasteiger partial charge is 0.343 e. The zero-order valence-electron chi connectivity index (χ0n) is 14.7. The highest BCUT2D eigenvalue weighted by Gasteiger charge is 2.19. The van der Waals surface area contributed by atoms with E-state index in [1.165, 1.54) is 34.4 Å². The van der Waals surface area contributed by atoms with E-state index in [-0.39, 0.29) is 23.8 Å². The fraction of sp³-hybridized carbons (Fsp3) is 0.0952. The van der Waals surface area contributed by atoms with Crippen molar-refractivity contribution >= 4 is 28.1 Å². The molecule has 7 heteroatoms. The molecule has 1 N–H and O–H groups in total. The van der Waals surface area contributed by atoms with Gasteiger partial charge in [0.1, 0.15) is 12.4 Å². The van der Waals surface area contributed by atoms with Crippen molar-refractivity contribution in [3.05, 3.63) is 99.0 Å². The number of thiophene rings is 1. The summed E-state index contributed by atoms with van der Waals surface area (Å²) in [6.07, 6.45) is 1.38. The van der Waals surface area contributed by atoms with Crippen LogP contribution in [0.2, 0.25) is 0 Å². The lowest BCUT2D eigenvalue weighted by molar-refractivity contribution is -0.122. The number of fused-ring (bicyclic) bond motifs is 1. The number of carbonyl (C=O) groups is 1. The molecule has 0 aliphatic rings. The lowest BCUT2D eigenvalue weighted by Gasteiger charge is -2.18. The zero-order valence-corrected chi connectivity index (χ0v) is 15.5. The Labute approximate surface area is 164 Å². The van der Waals surface area contributed by atoms with Crippen molar-refractivity contribution in [1.29, 1.82) is 0 Å². The Kier molecular flexibility index (Phi) is 4.99. The molecule has 0 saturated heterocycles. The van der Waals surface area contributed by atoms with E-state index in [9.17, 15) is 14.0 Å². The smallest absolute Gasteiger partial charge is 0.261 e. The van der Waals surface area contributed by atoms with E-state index < -0.39 is 6.04 Å². The van der Waals surface area contributed by atoms with Gasteiger partial charge >= 0.3 is 0 Å². The van der Waals surface area contributed by atoms with Crippen LogP contribution in [-0.4, -0.2) is 15.5 Å². The van der Waals surface area contributed by atoms with Crippen molar-refractivity contribution in [2.24, 2.45) is 0 Å². The molecule has 0 bridgehead atoms. The topological polar surface area (TPSA) is 64.0 Å². The first kappa shape index (κ1) is 18.1. The summed E-state index contributed by atoms with van der Waals surface area (Å²) in [6, 6.07) is 16.4. The molecule has 2 aromatic carbocycles. The standard InChI is InChI=1S/C21H16FN3O2S/c22-15-9-7-14(8-10-15)20(18-6-3-11-28-18)24-19(26)12-25-13-23-17-5-2-1-4-16(17)21(25)27/h1-11,13,20H,12H2,(H,24,26)/t20-/m0/s1. The van der Waals surface area contributed by atoms with Gasteiger partial charge in [-0.2, -0.15) is 0 Å². The molecule has 2 heterocycles. The molecule has 0 fully saturated rings. The number of nitrogens with zero attached hydrogens (tertiary/aromatic N) is 2. The SMILES string of the molecule is O=C(Cn1cnc2ccccc2c1=O)N[C@@H](c1ccc(F)cc1)c1cccs1. The molecular formula is C21H16FN3O2S. The summed E-state index contributed by atoms with van der Waals surface area (Å²) in [7, 11) is 0. The van der Waals surface area contributed by atoms with Crippen LogP contribution in [0.15, 0.2) is 77.2 Å². The quantitative estimate of drug-likeness (QED) is 0.564. The monoisotopic (exact) mass is 393 g/mol. The Hall–Kier alpha value is -3.32. The Balaban J connectivity index is 1.59. The number of hydrogen-bond acceptors (Lipinski definition) is 4. The van der Waals surface area contributed by atoms with Crippen LogP contribution < -0.4 is 10.9 Å². The molecule has 0 saturated carbocycles. The van der Waals surface area contributed by atoms with Gasteiger partial charge in [0.2, 0.25) is 5.91 Å². The first-order valence-electron chi connectivity index (χ1n) is 8.64. The van der Waals surface area contributed by atoms with Gasteiger partial charge in [0.15, 0.2) is 0 Å². The highest BCUT2D eigenvalue weighted by atomic mass is 32.1. The molecule has 1 amide bonds. The molecule has 0 unspecified atom stereocenters. The maximum Gasteiger partial charge on any atom is 0.261 e. The second kappa shape index (κ2) is 7.74. The Morgan fingerprint density at radius 3 is 2.64 bits per heavy atom. The molecule has 4 rings (SSSR count). The number of rotatable bonds is 5. The van der Waals surface area contributed by atoms with E-state index in [1.807, 2.05) is 17.5 Å². The summed E-state index contributed by atoms with van der Waals surface area (Å²) in [6.45, 7) is -0.153. The molecule has 140 valence electrons.